The van der Waals surface area contributed by atoms with Crippen molar-refractivity contribution in [3.63, 3.8) is 0 Å². The molecule has 58 valence electrons. The highest BCUT2D eigenvalue weighted by molar-refractivity contribution is 5.84. The average Bonchev–Trinajstić information content (AvgIpc) is 2.17. The SMILES string of the molecule is NCc1c#ccc2ccccc12. The first-order valence-electron chi connectivity index (χ1n) is 3.92. The van der Waals surface area contributed by atoms with E-state index in [4.69, 9.17) is 5.73 Å². The summed E-state index contributed by atoms with van der Waals surface area (Å²) in [6.07, 6.45) is 0. The third kappa shape index (κ3) is 1.03. The van der Waals surface area contributed by atoms with Crippen LogP contribution >= 0.6 is 0 Å². The van der Waals surface area contributed by atoms with Crippen molar-refractivity contribution in [2.24, 2.45) is 5.73 Å². The van der Waals surface area contributed by atoms with E-state index in [1.165, 1.54) is 10.8 Å². The Labute approximate surface area is 71.8 Å². The molecule has 0 aliphatic carbocycles. The van der Waals surface area contributed by atoms with Gasteiger partial charge in [-0.15, -0.1) is 0 Å². The summed E-state index contributed by atoms with van der Waals surface area (Å²) < 4.78 is 0. The van der Waals surface area contributed by atoms with E-state index in [9.17, 15) is 0 Å². The highest BCUT2D eigenvalue weighted by Crippen LogP contribution is 2.14. The molecule has 0 amide bonds. The molecule has 0 bridgehead atoms. The lowest BCUT2D eigenvalue weighted by atomic mass is 10.1. The summed E-state index contributed by atoms with van der Waals surface area (Å²) in [4.78, 5) is 0. The van der Waals surface area contributed by atoms with Gasteiger partial charge in [0.15, 0.2) is 0 Å². The number of hydrogen-bond donors (Lipinski definition) is 1. The molecule has 2 N–H and O–H groups in total. The van der Waals surface area contributed by atoms with Crippen molar-refractivity contribution >= 4 is 10.8 Å². The van der Waals surface area contributed by atoms with Crippen LogP contribution in [0.3, 0.4) is 0 Å². The second-order valence-electron chi connectivity index (χ2n) is 2.68. The van der Waals surface area contributed by atoms with Gasteiger partial charge in [-0.2, -0.15) is 0 Å². The fraction of sp³-hybridized carbons (Fsp3) is 0.0909. The predicted molar refractivity (Wildman–Crippen MR) is 49.5 cm³/mol. The highest BCUT2D eigenvalue weighted by atomic mass is 14.5. The number of nitrogens with two attached hydrogens (primary N) is 1. The van der Waals surface area contributed by atoms with E-state index in [0.717, 1.165) is 5.56 Å². The molecule has 0 heterocycles. The summed E-state index contributed by atoms with van der Waals surface area (Å²) in [5, 5.41) is 2.36. The van der Waals surface area contributed by atoms with Crippen molar-refractivity contribution < 1.29 is 0 Å². The topological polar surface area (TPSA) is 26.0 Å². The number of benzene rings is 1. The third-order valence-corrected chi connectivity index (χ3v) is 1.94. The van der Waals surface area contributed by atoms with Crippen LogP contribution < -0.4 is 5.73 Å². The van der Waals surface area contributed by atoms with Gasteiger partial charge in [0.25, 0.3) is 0 Å². The average molecular weight is 155 g/mol. The number of fused-ring (bicyclic) bond motifs is 1. The van der Waals surface area contributed by atoms with Crippen LogP contribution in [-0.4, -0.2) is 0 Å². The maximum Gasteiger partial charge on any atom is 0.0265 e. The van der Waals surface area contributed by atoms with Gasteiger partial charge in [0.1, 0.15) is 0 Å². The first-order chi connectivity index (χ1) is 5.92. The Morgan fingerprint density at radius 3 is 2.92 bits per heavy atom. The minimum absolute atomic E-state index is 0.526. The van der Waals surface area contributed by atoms with Gasteiger partial charge in [-0.1, -0.05) is 36.4 Å². The Morgan fingerprint density at radius 2 is 2.08 bits per heavy atom. The Balaban J connectivity index is 2.79. The van der Waals surface area contributed by atoms with Crippen LogP contribution in [-0.2, 0) is 6.54 Å². The van der Waals surface area contributed by atoms with Crippen molar-refractivity contribution in [2.45, 2.75) is 6.54 Å². The Bertz CT molecular complexity index is 388. The van der Waals surface area contributed by atoms with E-state index in [1.807, 2.05) is 18.2 Å². The quantitative estimate of drug-likeness (QED) is 0.668. The number of rotatable bonds is 1. The van der Waals surface area contributed by atoms with Crippen molar-refractivity contribution in [1.82, 2.24) is 0 Å². The van der Waals surface area contributed by atoms with E-state index in [1.54, 1.807) is 0 Å². The van der Waals surface area contributed by atoms with Gasteiger partial charge in [-0.05, 0) is 16.8 Å². The summed E-state index contributed by atoms with van der Waals surface area (Å²) in [7, 11) is 0. The van der Waals surface area contributed by atoms with Crippen LogP contribution in [0.5, 0.6) is 0 Å². The molecular weight excluding hydrogens is 146 g/mol. The molecule has 0 spiro atoms. The molecule has 0 radical (unpaired) electrons. The van der Waals surface area contributed by atoms with E-state index >= 15 is 0 Å². The molecule has 0 aliphatic heterocycles. The Kier molecular flexibility index (Phi) is 1.69. The second-order valence-corrected chi connectivity index (χ2v) is 2.68. The molecule has 2 aromatic rings. The lowest BCUT2D eigenvalue weighted by molar-refractivity contribution is 1.09. The van der Waals surface area contributed by atoms with Gasteiger partial charge in [0.2, 0.25) is 0 Å². The highest BCUT2D eigenvalue weighted by Gasteiger charge is 1.95. The van der Waals surface area contributed by atoms with Crippen LogP contribution in [0.15, 0.2) is 30.3 Å². The van der Waals surface area contributed by atoms with Gasteiger partial charge in [0, 0.05) is 12.1 Å². The third-order valence-electron chi connectivity index (χ3n) is 1.94. The summed E-state index contributed by atoms with van der Waals surface area (Å²) >= 11 is 0. The van der Waals surface area contributed by atoms with E-state index < -0.39 is 0 Å². The zero-order chi connectivity index (χ0) is 8.39. The first-order valence-corrected chi connectivity index (χ1v) is 3.92. The first kappa shape index (κ1) is 7.15. The molecule has 1 heteroatoms. The maximum atomic E-state index is 5.56. The molecule has 0 unspecified atom stereocenters. The van der Waals surface area contributed by atoms with E-state index in [2.05, 4.69) is 24.3 Å². The maximum absolute atomic E-state index is 5.56. The molecule has 0 fully saturated rings. The largest absolute Gasteiger partial charge is 0.326 e. The predicted octanol–water partition coefficient (Wildman–Crippen LogP) is 1.90. The van der Waals surface area contributed by atoms with Crippen LogP contribution in [0.4, 0.5) is 0 Å². The van der Waals surface area contributed by atoms with Crippen molar-refractivity contribution in [1.29, 1.82) is 0 Å². The molecule has 0 saturated carbocycles. The lowest BCUT2D eigenvalue weighted by Crippen LogP contribution is -1.95. The molecule has 2 aromatic carbocycles. The zero-order valence-corrected chi connectivity index (χ0v) is 6.67. The van der Waals surface area contributed by atoms with Gasteiger partial charge < -0.3 is 5.73 Å². The Hall–Kier alpha value is -1.52. The summed E-state index contributed by atoms with van der Waals surface area (Å²) in [6.45, 7) is 0.526. The van der Waals surface area contributed by atoms with Crippen LogP contribution in [0.1, 0.15) is 5.56 Å². The summed E-state index contributed by atoms with van der Waals surface area (Å²) in [5.41, 5.74) is 6.60. The summed E-state index contributed by atoms with van der Waals surface area (Å²) in [5.74, 6) is 0. The minimum atomic E-state index is 0.526. The molecular formula is C11H9N. The number of hydrogen-bond acceptors (Lipinski definition) is 1. The van der Waals surface area contributed by atoms with Crippen LogP contribution in [0, 0.1) is 12.1 Å². The monoisotopic (exact) mass is 155 g/mol. The van der Waals surface area contributed by atoms with Crippen molar-refractivity contribution in [2.75, 3.05) is 0 Å². The van der Waals surface area contributed by atoms with Gasteiger partial charge in [-0.3, -0.25) is 0 Å². The van der Waals surface area contributed by atoms with Crippen LogP contribution in [0.2, 0.25) is 0 Å². The van der Waals surface area contributed by atoms with Crippen molar-refractivity contribution in [3.8, 4) is 0 Å². The Morgan fingerprint density at radius 1 is 1.25 bits per heavy atom. The lowest BCUT2D eigenvalue weighted by Gasteiger charge is -1.98. The van der Waals surface area contributed by atoms with Gasteiger partial charge in [-0.25, -0.2) is 0 Å². The second kappa shape index (κ2) is 2.84. The van der Waals surface area contributed by atoms with E-state index in [-0.39, 0.29) is 0 Å². The van der Waals surface area contributed by atoms with Gasteiger partial charge >= 0.3 is 0 Å². The normalized spacial score (nSPS) is 9.75. The van der Waals surface area contributed by atoms with E-state index in [0.29, 0.717) is 6.54 Å². The summed E-state index contributed by atoms with van der Waals surface area (Å²) in [6, 6.07) is 16.0. The van der Waals surface area contributed by atoms with Crippen LogP contribution in [0.25, 0.3) is 10.8 Å². The molecule has 0 saturated heterocycles. The minimum Gasteiger partial charge on any atom is -0.326 e. The van der Waals surface area contributed by atoms with Crippen molar-refractivity contribution in [3.05, 3.63) is 48.0 Å². The van der Waals surface area contributed by atoms with Gasteiger partial charge in [0.05, 0.1) is 0 Å². The molecule has 0 aromatic heterocycles. The standard InChI is InChI=1S/C11H9N/c12-8-10-6-3-5-9-4-1-2-7-11(9)10/h1-2,4-5,7H,8,12H2. The zero-order valence-electron chi connectivity index (χ0n) is 6.67. The fourth-order valence-corrected chi connectivity index (χ4v) is 1.33. The molecule has 0 aliphatic rings. The molecule has 0 atom stereocenters. The molecule has 2 rings (SSSR count). The molecule has 1 nitrogen and oxygen atoms in total. The fourth-order valence-electron chi connectivity index (χ4n) is 1.33. The molecule has 12 heavy (non-hydrogen) atoms. The smallest absolute Gasteiger partial charge is 0.0265 e.